The molecule has 2 unspecified atom stereocenters. The van der Waals surface area contributed by atoms with Crippen LogP contribution in [0, 0.1) is 0 Å². The molecule has 0 amide bonds. The summed E-state index contributed by atoms with van der Waals surface area (Å²) in [5.41, 5.74) is 0. The minimum Gasteiger partial charge on any atom is -0.430 e. The predicted octanol–water partition coefficient (Wildman–Crippen LogP) is 1.65. The lowest BCUT2D eigenvalue weighted by Crippen LogP contribution is -2.18. The molecular weight excluding hydrogens is 296 g/mol. The molecule has 22 heavy (non-hydrogen) atoms. The van der Waals surface area contributed by atoms with Crippen molar-refractivity contribution in [3.05, 3.63) is 0 Å². The van der Waals surface area contributed by atoms with Crippen molar-refractivity contribution >= 4 is 12.3 Å². The maximum Gasteiger partial charge on any atom is 0.508 e. The van der Waals surface area contributed by atoms with Gasteiger partial charge in [0, 0.05) is 13.2 Å². The van der Waals surface area contributed by atoms with Gasteiger partial charge in [-0.15, -0.1) is 0 Å². The third kappa shape index (κ3) is 6.48. The number of carbonyl (C=O) groups excluding carboxylic acids is 2. The summed E-state index contributed by atoms with van der Waals surface area (Å²) in [5, 5.41) is 0. The molecule has 8 heteroatoms. The Kier molecular flexibility index (Phi) is 7.24. The van der Waals surface area contributed by atoms with Crippen LogP contribution >= 0.6 is 0 Å². The molecular formula is C14H22O8. The average molecular weight is 318 g/mol. The second kappa shape index (κ2) is 9.47. The molecule has 0 radical (unpaired) electrons. The smallest absolute Gasteiger partial charge is 0.430 e. The monoisotopic (exact) mass is 318 g/mol. The van der Waals surface area contributed by atoms with Gasteiger partial charge in [-0.25, -0.2) is 9.59 Å². The lowest BCUT2D eigenvalue weighted by atomic mass is 10.2. The van der Waals surface area contributed by atoms with Crippen LogP contribution in [0.25, 0.3) is 0 Å². The molecule has 0 aromatic carbocycles. The Labute approximate surface area is 128 Å². The van der Waals surface area contributed by atoms with Gasteiger partial charge in [-0.1, -0.05) is 12.8 Å². The lowest BCUT2D eigenvalue weighted by molar-refractivity contribution is 0.0406. The SMILES string of the molecule is O=C1OCC(COCCCCCCOCC2COC(=O)O2)O1. The fraction of sp³-hybridized carbons (Fsp3) is 0.857. The Morgan fingerprint density at radius 1 is 0.773 bits per heavy atom. The van der Waals surface area contributed by atoms with Crippen molar-refractivity contribution in [2.75, 3.05) is 39.6 Å². The van der Waals surface area contributed by atoms with Crippen molar-refractivity contribution in [2.24, 2.45) is 0 Å². The standard InChI is InChI=1S/C14H22O8/c15-13-19-9-11(21-13)7-17-5-3-1-2-4-6-18-8-12-10-20-14(16)22-12/h11-12H,1-10H2. The highest BCUT2D eigenvalue weighted by molar-refractivity contribution is 5.62. The number of hydrogen-bond acceptors (Lipinski definition) is 8. The summed E-state index contributed by atoms with van der Waals surface area (Å²) in [4.78, 5) is 21.3. The molecule has 0 N–H and O–H groups in total. The first kappa shape index (κ1) is 16.8. The molecule has 2 atom stereocenters. The predicted molar refractivity (Wildman–Crippen MR) is 72.5 cm³/mol. The second-order valence-corrected chi connectivity index (χ2v) is 5.17. The highest BCUT2D eigenvalue weighted by Crippen LogP contribution is 2.08. The Hall–Kier alpha value is -1.54. The molecule has 2 heterocycles. The normalized spacial score (nSPS) is 23.8. The Morgan fingerprint density at radius 3 is 1.59 bits per heavy atom. The van der Waals surface area contributed by atoms with Gasteiger partial charge in [-0.3, -0.25) is 0 Å². The van der Waals surface area contributed by atoms with Crippen LogP contribution in [0.3, 0.4) is 0 Å². The van der Waals surface area contributed by atoms with E-state index >= 15 is 0 Å². The van der Waals surface area contributed by atoms with Crippen molar-refractivity contribution in [3.8, 4) is 0 Å². The summed E-state index contributed by atoms with van der Waals surface area (Å²) in [6.07, 6.45) is 2.23. The summed E-state index contributed by atoms with van der Waals surface area (Å²) in [6, 6.07) is 0. The molecule has 0 saturated carbocycles. The molecule has 2 aliphatic rings. The van der Waals surface area contributed by atoms with Gasteiger partial charge in [0.1, 0.15) is 13.2 Å². The summed E-state index contributed by atoms with van der Waals surface area (Å²) in [5.74, 6) is 0. The Balaban J connectivity index is 1.30. The van der Waals surface area contributed by atoms with E-state index in [9.17, 15) is 9.59 Å². The van der Waals surface area contributed by atoms with Gasteiger partial charge >= 0.3 is 12.3 Å². The average Bonchev–Trinajstić information content (AvgIpc) is 3.09. The molecule has 0 bridgehead atoms. The van der Waals surface area contributed by atoms with E-state index in [2.05, 4.69) is 9.47 Å². The van der Waals surface area contributed by atoms with E-state index in [1.807, 2.05) is 0 Å². The summed E-state index contributed by atoms with van der Waals surface area (Å²) in [7, 11) is 0. The van der Waals surface area contributed by atoms with Gasteiger partial charge < -0.3 is 28.4 Å². The van der Waals surface area contributed by atoms with Crippen LogP contribution in [0.15, 0.2) is 0 Å². The fourth-order valence-corrected chi connectivity index (χ4v) is 2.09. The Bertz CT molecular complexity index is 325. The van der Waals surface area contributed by atoms with Gasteiger partial charge in [-0.2, -0.15) is 0 Å². The minimum atomic E-state index is -0.618. The highest BCUT2D eigenvalue weighted by Gasteiger charge is 2.25. The molecule has 0 spiro atoms. The van der Waals surface area contributed by atoms with E-state index in [1.54, 1.807) is 0 Å². The van der Waals surface area contributed by atoms with Gasteiger partial charge in [0.05, 0.1) is 13.2 Å². The largest absolute Gasteiger partial charge is 0.508 e. The molecule has 8 nitrogen and oxygen atoms in total. The third-order valence-electron chi connectivity index (χ3n) is 3.23. The topological polar surface area (TPSA) is 89.5 Å². The number of ether oxygens (including phenoxy) is 6. The first-order chi connectivity index (χ1) is 10.7. The van der Waals surface area contributed by atoms with Crippen LogP contribution in [0.5, 0.6) is 0 Å². The zero-order valence-electron chi connectivity index (χ0n) is 12.5. The summed E-state index contributed by atoms with van der Waals surface area (Å²) >= 11 is 0. The van der Waals surface area contributed by atoms with Crippen molar-refractivity contribution in [2.45, 2.75) is 37.9 Å². The summed E-state index contributed by atoms with van der Waals surface area (Å²) < 4.78 is 29.8. The van der Waals surface area contributed by atoms with E-state index < -0.39 is 12.3 Å². The third-order valence-corrected chi connectivity index (χ3v) is 3.23. The van der Waals surface area contributed by atoms with Gasteiger partial charge in [0.2, 0.25) is 0 Å². The number of rotatable bonds is 11. The van der Waals surface area contributed by atoms with E-state index in [0.717, 1.165) is 25.7 Å². The number of unbranched alkanes of at least 4 members (excludes halogenated alkanes) is 3. The summed E-state index contributed by atoms with van der Waals surface area (Å²) in [6.45, 7) is 2.61. The number of cyclic esters (lactones) is 4. The number of hydrogen-bond donors (Lipinski definition) is 0. The quantitative estimate of drug-likeness (QED) is 0.419. The Morgan fingerprint density at radius 2 is 1.23 bits per heavy atom. The van der Waals surface area contributed by atoms with Crippen LogP contribution in [0.1, 0.15) is 25.7 Å². The zero-order valence-corrected chi connectivity index (χ0v) is 12.5. The molecule has 0 aliphatic carbocycles. The first-order valence-corrected chi connectivity index (χ1v) is 7.56. The van der Waals surface area contributed by atoms with E-state index in [1.165, 1.54) is 0 Å². The molecule has 2 aliphatic heterocycles. The lowest BCUT2D eigenvalue weighted by Gasteiger charge is -2.08. The van der Waals surface area contributed by atoms with Crippen molar-refractivity contribution < 1.29 is 38.0 Å². The first-order valence-electron chi connectivity index (χ1n) is 7.56. The second-order valence-electron chi connectivity index (χ2n) is 5.17. The van der Waals surface area contributed by atoms with Crippen molar-refractivity contribution in [3.63, 3.8) is 0 Å². The van der Waals surface area contributed by atoms with Crippen LogP contribution in [-0.4, -0.2) is 64.2 Å². The molecule has 2 fully saturated rings. The zero-order chi connectivity index (χ0) is 15.6. The fourth-order valence-electron chi connectivity index (χ4n) is 2.09. The molecule has 126 valence electrons. The van der Waals surface area contributed by atoms with Crippen molar-refractivity contribution in [1.29, 1.82) is 0 Å². The van der Waals surface area contributed by atoms with Crippen molar-refractivity contribution in [1.82, 2.24) is 0 Å². The molecule has 0 aromatic rings. The highest BCUT2D eigenvalue weighted by atomic mass is 16.8. The van der Waals surface area contributed by atoms with E-state index in [0.29, 0.717) is 26.4 Å². The van der Waals surface area contributed by atoms with E-state index in [4.69, 9.17) is 18.9 Å². The van der Waals surface area contributed by atoms with Gasteiger partial charge in [0.15, 0.2) is 12.2 Å². The van der Waals surface area contributed by atoms with Crippen LogP contribution in [0.4, 0.5) is 9.59 Å². The van der Waals surface area contributed by atoms with Crippen LogP contribution < -0.4 is 0 Å². The maximum absolute atomic E-state index is 10.7. The van der Waals surface area contributed by atoms with Crippen LogP contribution in [0.2, 0.25) is 0 Å². The molecule has 2 saturated heterocycles. The van der Waals surface area contributed by atoms with Gasteiger partial charge in [-0.05, 0) is 12.8 Å². The minimum absolute atomic E-state index is 0.269. The van der Waals surface area contributed by atoms with Gasteiger partial charge in [0.25, 0.3) is 0 Å². The van der Waals surface area contributed by atoms with E-state index in [-0.39, 0.29) is 25.4 Å². The maximum atomic E-state index is 10.7. The number of carbonyl (C=O) groups is 2. The van der Waals surface area contributed by atoms with Crippen LogP contribution in [-0.2, 0) is 28.4 Å². The molecule has 2 rings (SSSR count). The molecule has 0 aromatic heterocycles.